The molecule has 1 rings (SSSR count). The predicted octanol–water partition coefficient (Wildman–Crippen LogP) is 2.57. The van der Waals surface area contributed by atoms with Crippen LogP contribution in [0.5, 0.6) is 0 Å². The minimum atomic E-state index is -0.776. The second kappa shape index (κ2) is 21.1. The summed E-state index contributed by atoms with van der Waals surface area (Å²) in [7, 11) is 3.37. The molecule has 0 saturated carbocycles. The van der Waals surface area contributed by atoms with E-state index >= 15 is 0 Å². The zero-order valence-electron chi connectivity index (χ0n) is 29.3. The number of hydrogen-bond donors (Lipinski definition) is 4. The molecule has 0 bridgehead atoms. The third-order valence-corrected chi connectivity index (χ3v) is 7.49. The molecule has 0 aromatic rings. The third-order valence-electron chi connectivity index (χ3n) is 7.49. The van der Waals surface area contributed by atoms with Crippen LogP contribution in [0, 0.1) is 10.8 Å². The summed E-state index contributed by atoms with van der Waals surface area (Å²) in [6.07, 6.45) is 17.8. The molecule has 1 aliphatic heterocycles. The van der Waals surface area contributed by atoms with Crippen molar-refractivity contribution < 1.29 is 28.8 Å². The largest absolute Gasteiger partial charge is 0.353 e. The lowest BCUT2D eigenvalue weighted by atomic mass is 9.81. The highest BCUT2D eigenvalue weighted by atomic mass is 16.6. The van der Waals surface area contributed by atoms with Crippen molar-refractivity contribution in [2.24, 2.45) is 10.8 Å². The van der Waals surface area contributed by atoms with E-state index in [0.717, 1.165) is 19.3 Å². The summed E-state index contributed by atoms with van der Waals surface area (Å²) in [6, 6.07) is -1.36. The summed E-state index contributed by atoms with van der Waals surface area (Å²) in [4.78, 5) is 70.1. The lowest BCUT2D eigenvalue weighted by molar-refractivity contribution is -0.139. The van der Waals surface area contributed by atoms with Crippen LogP contribution >= 0.6 is 0 Å². The second-order valence-electron chi connectivity index (χ2n) is 13.1. The highest BCUT2D eigenvalue weighted by molar-refractivity contribution is 6.12. The van der Waals surface area contributed by atoms with Crippen LogP contribution in [0.4, 0.5) is 0 Å². The Bertz CT molecular complexity index is 1170. The Labute approximate surface area is 280 Å². The van der Waals surface area contributed by atoms with Gasteiger partial charge in [-0.3, -0.25) is 28.9 Å². The van der Waals surface area contributed by atoms with Gasteiger partial charge >= 0.3 is 0 Å². The number of nitrogens with zero attached hydrogens (tertiary/aromatic N) is 2. The van der Waals surface area contributed by atoms with Crippen molar-refractivity contribution in [2.75, 3.05) is 46.9 Å². The molecular weight excluding hydrogens is 600 g/mol. The maximum atomic E-state index is 13.4. The first-order chi connectivity index (χ1) is 22.2. The lowest BCUT2D eigenvalue weighted by Crippen LogP contribution is -2.59. The molecule has 0 aromatic heterocycles. The van der Waals surface area contributed by atoms with Crippen molar-refractivity contribution in [3.63, 3.8) is 0 Å². The van der Waals surface area contributed by atoms with Crippen LogP contribution in [0.1, 0.15) is 60.3 Å². The SMILES string of the molecule is C=C/C=C\C=C\C(C)(C)C(NC)C(=O)NC(C(=O)N(C)C/C=C/C(=O)NCCCCCNOCCCN1C(=O)C=CC1=O)C(C)(C)C. The highest BCUT2D eigenvalue weighted by Gasteiger charge is 2.39. The molecule has 0 fully saturated rings. The van der Waals surface area contributed by atoms with Crippen LogP contribution < -0.4 is 21.4 Å². The fraction of sp³-hybridized carbons (Fsp3) is 0.571. The number of rotatable bonds is 22. The smallest absolute Gasteiger partial charge is 0.253 e. The molecular formula is C35H56N6O6. The first-order valence-electron chi connectivity index (χ1n) is 16.2. The van der Waals surface area contributed by atoms with E-state index in [9.17, 15) is 24.0 Å². The van der Waals surface area contributed by atoms with Gasteiger partial charge in [-0.1, -0.05) is 84.1 Å². The van der Waals surface area contributed by atoms with Crippen LogP contribution in [-0.2, 0) is 28.8 Å². The van der Waals surface area contributed by atoms with Gasteiger partial charge in [-0.2, -0.15) is 0 Å². The number of carbonyl (C=O) groups excluding carboxylic acids is 5. The number of carbonyl (C=O) groups is 5. The number of hydrogen-bond acceptors (Lipinski definition) is 8. The van der Waals surface area contributed by atoms with Crippen LogP contribution in [0.3, 0.4) is 0 Å². The van der Waals surface area contributed by atoms with E-state index < -0.39 is 22.9 Å². The van der Waals surface area contributed by atoms with Crippen molar-refractivity contribution in [2.45, 2.75) is 72.4 Å². The Hall–Kier alpha value is -3.87. The summed E-state index contributed by atoms with van der Waals surface area (Å²) in [6.45, 7) is 15.3. The number of hydroxylamine groups is 1. The number of allylic oxidation sites excluding steroid dienone is 4. The van der Waals surface area contributed by atoms with Gasteiger partial charge in [-0.15, -0.1) is 0 Å². The van der Waals surface area contributed by atoms with Crippen LogP contribution in [0.15, 0.2) is 61.3 Å². The molecule has 2 atom stereocenters. The second-order valence-corrected chi connectivity index (χ2v) is 13.1. The molecule has 0 radical (unpaired) electrons. The van der Waals surface area contributed by atoms with E-state index in [2.05, 4.69) is 28.0 Å². The Morgan fingerprint density at radius 1 is 0.957 bits per heavy atom. The van der Waals surface area contributed by atoms with Gasteiger partial charge in [0.25, 0.3) is 11.8 Å². The first-order valence-corrected chi connectivity index (χ1v) is 16.2. The minimum absolute atomic E-state index is 0.210. The summed E-state index contributed by atoms with van der Waals surface area (Å²) in [5.41, 5.74) is 1.77. The van der Waals surface area contributed by atoms with E-state index in [1.54, 1.807) is 32.3 Å². The zero-order chi connectivity index (χ0) is 35.5. The highest BCUT2D eigenvalue weighted by Crippen LogP contribution is 2.25. The van der Waals surface area contributed by atoms with Crippen LogP contribution in [0.2, 0.25) is 0 Å². The van der Waals surface area contributed by atoms with Crippen molar-refractivity contribution >= 4 is 29.5 Å². The number of likely N-dealkylation sites (N-methyl/N-ethyl adjacent to an activating group) is 2. The van der Waals surface area contributed by atoms with Crippen molar-refractivity contribution in [3.05, 3.63) is 61.3 Å². The zero-order valence-corrected chi connectivity index (χ0v) is 29.3. The maximum Gasteiger partial charge on any atom is 0.253 e. The monoisotopic (exact) mass is 656 g/mol. The predicted molar refractivity (Wildman–Crippen MR) is 185 cm³/mol. The van der Waals surface area contributed by atoms with Gasteiger partial charge in [0.2, 0.25) is 17.7 Å². The van der Waals surface area contributed by atoms with Gasteiger partial charge in [0, 0.05) is 56.9 Å². The summed E-state index contributed by atoms with van der Waals surface area (Å²) < 4.78 is 0. The van der Waals surface area contributed by atoms with Gasteiger partial charge in [0.15, 0.2) is 0 Å². The number of amides is 5. The van der Waals surface area contributed by atoms with Crippen LogP contribution in [0.25, 0.3) is 0 Å². The molecule has 2 unspecified atom stereocenters. The van der Waals surface area contributed by atoms with Crippen molar-refractivity contribution in [3.8, 4) is 0 Å². The topological polar surface area (TPSA) is 149 Å². The lowest BCUT2D eigenvalue weighted by Gasteiger charge is -2.36. The molecule has 12 heteroatoms. The molecule has 0 aromatic carbocycles. The Kier molecular flexibility index (Phi) is 18.5. The Balaban J connectivity index is 2.39. The maximum absolute atomic E-state index is 13.4. The Morgan fingerprint density at radius 3 is 2.23 bits per heavy atom. The van der Waals surface area contributed by atoms with Gasteiger partial charge in [-0.25, -0.2) is 5.48 Å². The van der Waals surface area contributed by atoms with Gasteiger partial charge in [0.1, 0.15) is 6.04 Å². The number of unbranched alkanes of at least 4 members (excludes halogenated alkanes) is 2. The average Bonchev–Trinajstić information content (AvgIpc) is 3.32. The fourth-order valence-corrected chi connectivity index (χ4v) is 4.75. The van der Waals surface area contributed by atoms with E-state index in [1.165, 1.54) is 28.0 Å². The standard InChI is InChI=1S/C35H56N6O6/c1-9-10-11-13-21-35(5,6)30(36-7)32(45)39-31(34(2,3)4)33(46)40(8)24-16-18-27(42)37-22-14-12-15-23-38-47-26-17-25-41-28(43)19-20-29(41)44/h9-11,13,16,18-21,30-31,36,38H,1,12,14-15,17,22-26H2,2-8H3,(H,37,42)(H,39,45)/b11-10-,18-16+,21-13+. The van der Waals surface area contributed by atoms with Gasteiger partial charge in [0.05, 0.1) is 12.6 Å². The number of imide groups is 1. The minimum Gasteiger partial charge on any atom is -0.353 e. The Morgan fingerprint density at radius 2 is 1.62 bits per heavy atom. The summed E-state index contributed by atoms with van der Waals surface area (Å²) in [5, 5.41) is 8.90. The quantitative estimate of drug-likeness (QED) is 0.0457. The summed E-state index contributed by atoms with van der Waals surface area (Å²) >= 11 is 0. The molecule has 0 spiro atoms. The normalized spacial score (nSPS) is 15.2. The van der Waals surface area contributed by atoms with E-state index in [0.29, 0.717) is 32.7 Å². The molecule has 5 amide bonds. The molecule has 1 aliphatic rings. The molecule has 47 heavy (non-hydrogen) atoms. The molecule has 1 heterocycles. The molecule has 4 N–H and O–H groups in total. The van der Waals surface area contributed by atoms with Crippen molar-refractivity contribution in [1.29, 1.82) is 0 Å². The summed E-state index contributed by atoms with van der Waals surface area (Å²) in [5.74, 6) is -1.35. The molecule has 262 valence electrons. The average molecular weight is 657 g/mol. The van der Waals surface area contributed by atoms with Crippen molar-refractivity contribution in [1.82, 2.24) is 31.2 Å². The van der Waals surface area contributed by atoms with Crippen LogP contribution in [-0.4, -0.2) is 98.3 Å². The first kappa shape index (κ1) is 41.2. The van der Waals surface area contributed by atoms with E-state index in [4.69, 9.17) is 4.84 Å². The van der Waals surface area contributed by atoms with Gasteiger partial charge in [-0.05, 0) is 31.7 Å². The van der Waals surface area contributed by atoms with E-state index in [1.807, 2.05) is 52.8 Å². The molecule has 0 aliphatic carbocycles. The number of nitrogens with one attached hydrogen (secondary N) is 4. The molecule has 12 nitrogen and oxygen atoms in total. The van der Waals surface area contributed by atoms with E-state index in [-0.39, 0.29) is 36.1 Å². The molecule has 0 saturated heterocycles. The fourth-order valence-electron chi connectivity index (χ4n) is 4.75. The van der Waals surface area contributed by atoms with Gasteiger partial charge < -0.3 is 25.7 Å². The third kappa shape index (κ3) is 15.5.